The average Bonchev–Trinajstić information content (AvgIpc) is 2.99. The Hall–Kier alpha value is -3.13. The van der Waals surface area contributed by atoms with E-state index < -0.39 is 0 Å². The number of halogens is 1. The summed E-state index contributed by atoms with van der Waals surface area (Å²) in [5, 5.41) is 21.9. The van der Waals surface area contributed by atoms with E-state index in [0.29, 0.717) is 35.4 Å². The number of aromatic nitrogens is 4. The van der Waals surface area contributed by atoms with E-state index in [1.165, 1.54) is 0 Å². The molecule has 0 aliphatic heterocycles. The predicted molar refractivity (Wildman–Crippen MR) is 106 cm³/mol. The smallest absolute Gasteiger partial charge is 0.319 e. The number of rotatable bonds is 6. The molecule has 0 saturated heterocycles. The molecule has 27 heavy (non-hydrogen) atoms. The Morgan fingerprint density at radius 1 is 1.07 bits per heavy atom. The van der Waals surface area contributed by atoms with Gasteiger partial charge in [-0.25, -0.2) is 9.48 Å². The lowest BCUT2D eigenvalue weighted by Gasteiger charge is -2.09. The van der Waals surface area contributed by atoms with Gasteiger partial charge in [0.05, 0.1) is 5.69 Å². The summed E-state index contributed by atoms with van der Waals surface area (Å²) in [6.45, 7) is 4.85. The topological polar surface area (TPSA) is 96.8 Å². The van der Waals surface area contributed by atoms with Gasteiger partial charge in [0, 0.05) is 29.5 Å². The quantitative estimate of drug-likeness (QED) is 0.566. The second-order valence-electron chi connectivity index (χ2n) is 5.93. The highest BCUT2D eigenvalue weighted by molar-refractivity contribution is 6.30. The van der Waals surface area contributed by atoms with Gasteiger partial charge < -0.3 is 16.0 Å². The van der Waals surface area contributed by atoms with Gasteiger partial charge in [0.1, 0.15) is 5.82 Å². The van der Waals surface area contributed by atoms with Crippen molar-refractivity contribution in [3.8, 4) is 5.82 Å². The van der Waals surface area contributed by atoms with E-state index in [0.717, 1.165) is 11.4 Å². The Morgan fingerprint density at radius 3 is 2.48 bits per heavy atom. The second kappa shape index (κ2) is 8.50. The van der Waals surface area contributed by atoms with Crippen LogP contribution in [-0.4, -0.2) is 39.1 Å². The van der Waals surface area contributed by atoms with Gasteiger partial charge in [0.2, 0.25) is 0 Å². The molecule has 0 bridgehead atoms. The summed E-state index contributed by atoms with van der Waals surface area (Å²) in [7, 11) is 0. The third-order valence-corrected chi connectivity index (χ3v) is 3.95. The predicted octanol–water partition coefficient (Wildman–Crippen LogP) is 3.17. The molecule has 2 amide bonds. The van der Waals surface area contributed by atoms with Gasteiger partial charge in [-0.15, -0.1) is 10.2 Å². The van der Waals surface area contributed by atoms with Crippen molar-refractivity contribution < 1.29 is 4.79 Å². The Morgan fingerprint density at radius 2 is 1.85 bits per heavy atom. The summed E-state index contributed by atoms with van der Waals surface area (Å²) in [5.74, 6) is 1.28. The van der Waals surface area contributed by atoms with Crippen molar-refractivity contribution in [2.45, 2.75) is 13.8 Å². The van der Waals surface area contributed by atoms with Gasteiger partial charge in [-0.05, 0) is 56.3 Å². The third-order valence-electron chi connectivity index (χ3n) is 3.70. The fourth-order valence-corrected chi connectivity index (χ4v) is 2.59. The molecule has 0 radical (unpaired) electrons. The lowest BCUT2D eigenvalue weighted by Crippen LogP contribution is -2.32. The number of nitrogens with one attached hydrogen (secondary N) is 3. The van der Waals surface area contributed by atoms with Crippen molar-refractivity contribution in [3.63, 3.8) is 0 Å². The number of anilines is 2. The Kier molecular flexibility index (Phi) is 5.87. The minimum Gasteiger partial charge on any atom is -0.367 e. The first kappa shape index (κ1) is 18.7. The molecule has 3 N–H and O–H groups in total. The highest BCUT2D eigenvalue weighted by Crippen LogP contribution is 2.13. The summed E-state index contributed by atoms with van der Waals surface area (Å²) < 4.78 is 1.74. The van der Waals surface area contributed by atoms with Gasteiger partial charge >= 0.3 is 6.03 Å². The summed E-state index contributed by atoms with van der Waals surface area (Å²) in [6, 6.07) is 12.3. The molecule has 9 heteroatoms. The zero-order valence-electron chi connectivity index (χ0n) is 15.0. The largest absolute Gasteiger partial charge is 0.367 e. The summed E-state index contributed by atoms with van der Waals surface area (Å²) >= 11 is 5.81. The minimum atomic E-state index is -0.287. The molecule has 0 atom stereocenters. The average molecular weight is 386 g/mol. The normalized spacial score (nSPS) is 10.5. The van der Waals surface area contributed by atoms with E-state index in [4.69, 9.17) is 11.6 Å². The van der Waals surface area contributed by atoms with Gasteiger partial charge in [0.25, 0.3) is 0 Å². The number of urea groups is 1. The van der Waals surface area contributed by atoms with Crippen molar-refractivity contribution in [2.24, 2.45) is 0 Å². The molecule has 1 aromatic carbocycles. The lowest BCUT2D eigenvalue weighted by atomic mass is 10.3. The van der Waals surface area contributed by atoms with Crippen LogP contribution in [0, 0.1) is 13.8 Å². The molecule has 0 saturated carbocycles. The van der Waals surface area contributed by atoms with Crippen LogP contribution in [-0.2, 0) is 0 Å². The van der Waals surface area contributed by atoms with Crippen LogP contribution in [0.1, 0.15) is 11.4 Å². The summed E-state index contributed by atoms with van der Waals surface area (Å²) in [6.07, 6.45) is 0. The molecule has 0 aliphatic carbocycles. The van der Waals surface area contributed by atoms with Gasteiger partial charge in [-0.1, -0.05) is 11.6 Å². The van der Waals surface area contributed by atoms with Crippen LogP contribution in [0.4, 0.5) is 16.3 Å². The van der Waals surface area contributed by atoms with Gasteiger partial charge in [0.15, 0.2) is 5.82 Å². The first-order valence-corrected chi connectivity index (χ1v) is 8.81. The maximum Gasteiger partial charge on any atom is 0.319 e. The number of carbonyl (C=O) groups excluding carboxylic acids is 1. The molecule has 0 unspecified atom stereocenters. The minimum absolute atomic E-state index is 0.287. The molecule has 3 aromatic rings. The number of amides is 2. The van der Waals surface area contributed by atoms with Crippen LogP contribution in [0.2, 0.25) is 5.02 Å². The van der Waals surface area contributed by atoms with Crippen LogP contribution in [0.3, 0.4) is 0 Å². The van der Waals surface area contributed by atoms with Crippen molar-refractivity contribution in [1.82, 2.24) is 25.3 Å². The molecule has 0 fully saturated rings. The first-order chi connectivity index (χ1) is 13.0. The van der Waals surface area contributed by atoms with Crippen LogP contribution in [0.15, 0.2) is 42.5 Å². The van der Waals surface area contributed by atoms with Crippen molar-refractivity contribution in [2.75, 3.05) is 23.7 Å². The number of nitrogens with zero attached hydrogens (tertiary/aromatic N) is 4. The van der Waals surface area contributed by atoms with Gasteiger partial charge in [-0.2, -0.15) is 5.10 Å². The van der Waals surface area contributed by atoms with Gasteiger partial charge in [-0.3, -0.25) is 0 Å². The van der Waals surface area contributed by atoms with E-state index in [1.54, 1.807) is 28.9 Å². The van der Waals surface area contributed by atoms with E-state index >= 15 is 0 Å². The Balaban J connectivity index is 1.43. The number of hydrogen-bond acceptors (Lipinski definition) is 5. The van der Waals surface area contributed by atoms with Crippen LogP contribution >= 0.6 is 11.6 Å². The highest BCUT2D eigenvalue weighted by Gasteiger charge is 2.06. The second-order valence-corrected chi connectivity index (χ2v) is 6.37. The molecular formula is C18H20ClN7O. The van der Waals surface area contributed by atoms with Crippen molar-refractivity contribution in [1.29, 1.82) is 0 Å². The van der Waals surface area contributed by atoms with Crippen molar-refractivity contribution >= 4 is 29.1 Å². The maximum absolute atomic E-state index is 11.8. The standard InChI is InChI=1S/C18H20ClN7O/c1-12-11-13(2)26(25-12)17-8-7-16(23-24-17)20-9-10-21-18(27)22-15-5-3-14(19)4-6-15/h3-8,11H,9-10H2,1-2H3,(H,20,23)(H2,21,22,27). The number of benzene rings is 1. The fraction of sp³-hybridized carbons (Fsp3) is 0.222. The van der Waals surface area contributed by atoms with E-state index in [1.807, 2.05) is 32.0 Å². The zero-order chi connectivity index (χ0) is 19.2. The van der Waals surface area contributed by atoms with Crippen molar-refractivity contribution in [3.05, 3.63) is 58.9 Å². The van der Waals surface area contributed by atoms with Crippen LogP contribution < -0.4 is 16.0 Å². The summed E-state index contributed by atoms with van der Waals surface area (Å²) in [4.78, 5) is 11.8. The van der Waals surface area contributed by atoms with Crippen LogP contribution in [0.25, 0.3) is 5.82 Å². The molecule has 0 spiro atoms. The molecule has 140 valence electrons. The molecule has 2 heterocycles. The summed E-state index contributed by atoms with van der Waals surface area (Å²) in [5.41, 5.74) is 2.60. The number of carbonyl (C=O) groups is 1. The molecule has 8 nitrogen and oxygen atoms in total. The molecular weight excluding hydrogens is 366 g/mol. The maximum atomic E-state index is 11.8. The van der Waals surface area contributed by atoms with E-state index in [2.05, 4.69) is 31.2 Å². The van der Waals surface area contributed by atoms with Crippen LogP contribution in [0.5, 0.6) is 0 Å². The van der Waals surface area contributed by atoms with E-state index in [-0.39, 0.29) is 6.03 Å². The zero-order valence-corrected chi connectivity index (χ0v) is 15.8. The number of aryl methyl sites for hydroxylation is 2. The third kappa shape index (κ3) is 5.18. The monoisotopic (exact) mass is 385 g/mol. The molecule has 0 aliphatic rings. The molecule has 2 aromatic heterocycles. The Bertz CT molecular complexity index is 906. The number of hydrogen-bond donors (Lipinski definition) is 3. The lowest BCUT2D eigenvalue weighted by molar-refractivity contribution is 0.252. The molecule has 3 rings (SSSR count). The fourth-order valence-electron chi connectivity index (χ4n) is 2.47. The SMILES string of the molecule is Cc1cc(C)n(-c2ccc(NCCNC(=O)Nc3ccc(Cl)cc3)nn2)n1. The highest BCUT2D eigenvalue weighted by atomic mass is 35.5. The van der Waals surface area contributed by atoms with E-state index in [9.17, 15) is 4.79 Å². The first-order valence-electron chi connectivity index (χ1n) is 8.43. The Labute approximate surface area is 161 Å².